The molecule has 4 nitrogen and oxygen atoms in total. The van der Waals surface area contributed by atoms with Crippen molar-refractivity contribution in [1.82, 2.24) is 4.90 Å². The van der Waals surface area contributed by atoms with Gasteiger partial charge in [0.15, 0.2) is 0 Å². The highest BCUT2D eigenvalue weighted by atomic mass is 19.1. The zero-order valence-electron chi connectivity index (χ0n) is 12.2. The molecule has 114 valence electrons. The number of esters is 1. The van der Waals surface area contributed by atoms with E-state index in [1.165, 1.54) is 0 Å². The maximum absolute atomic E-state index is 15.3. The third-order valence-electron chi connectivity index (χ3n) is 4.41. The largest absolute Gasteiger partial charge is 0.464 e. The van der Waals surface area contributed by atoms with Crippen molar-refractivity contribution in [1.29, 1.82) is 0 Å². The van der Waals surface area contributed by atoms with Gasteiger partial charge in [-0.3, -0.25) is 4.90 Å². The van der Waals surface area contributed by atoms with Crippen molar-refractivity contribution in [3.8, 4) is 0 Å². The zero-order chi connectivity index (χ0) is 14.9. The van der Waals surface area contributed by atoms with Gasteiger partial charge in [-0.15, -0.1) is 0 Å². The van der Waals surface area contributed by atoms with Crippen LogP contribution in [0.1, 0.15) is 12.5 Å². The van der Waals surface area contributed by atoms with E-state index in [2.05, 4.69) is 0 Å². The Labute approximate surface area is 123 Å². The zero-order valence-corrected chi connectivity index (χ0v) is 12.2. The highest BCUT2D eigenvalue weighted by molar-refractivity contribution is 5.82. The lowest BCUT2D eigenvalue weighted by molar-refractivity contribution is -0.196. The van der Waals surface area contributed by atoms with E-state index in [1.54, 1.807) is 6.92 Å². The van der Waals surface area contributed by atoms with Gasteiger partial charge in [0.25, 0.3) is 0 Å². The number of hydrogen-bond acceptors (Lipinski definition) is 4. The molecule has 2 fully saturated rings. The molecule has 0 bridgehead atoms. The van der Waals surface area contributed by atoms with Gasteiger partial charge in [0.05, 0.1) is 25.2 Å². The van der Waals surface area contributed by atoms with Crippen molar-refractivity contribution in [3.05, 3.63) is 35.9 Å². The number of likely N-dealkylation sites (tertiary alicyclic amines) is 1. The minimum Gasteiger partial charge on any atom is -0.464 e. The van der Waals surface area contributed by atoms with Crippen LogP contribution in [0.25, 0.3) is 0 Å². The minimum atomic E-state index is -1.96. The second kappa shape index (κ2) is 5.39. The summed E-state index contributed by atoms with van der Waals surface area (Å²) in [6, 6.07) is 9.88. The van der Waals surface area contributed by atoms with Crippen LogP contribution in [-0.2, 0) is 20.8 Å². The molecule has 2 saturated heterocycles. The Morgan fingerprint density at radius 1 is 1.33 bits per heavy atom. The number of hydrogen-bond donors (Lipinski definition) is 0. The molecule has 2 aliphatic heterocycles. The Morgan fingerprint density at radius 2 is 2.05 bits per heavy atom. The molecular weight excluding hydrogens is 273 g/mol. The van der Waals surface area contributed by atoms with E-state index >= 15 is 4.39 Å². The van der Waals surface area contributed by atoms with Gasteiger partial charge in [0.1, 0.15) is 0 Å². The lowest BCUT2D eigenvalue weighted by Crippen LogP contribution is -2.61. The third-order valence-corrected chi connectivity index (χ3v) is 4.41. The quantitative estimate of drug-likeness (QED) is 0.793. The van der Waals surface area contributed by atoms with Gasteiger partial charge in [-0.1, -0.05) is 30.3 Å². The van der Waals surface area contributed by atoms with Gasteiger partial charge in [0, 0.05) is 19.6 Å². The molecule has 0 N–H and O–H groups in total. The van der Waals surface area contributed by atoms with Crippen LogP contribution in [0, 0.1) is 5.41 Å². The van der Waals surface area contributed by atoms with E-state index in [4.69, 9.17) is 9.47 Å². The summed E-state index contributed by atoms with van der Waals surface area (Å²) in [5.41, 5.74) is -1.59. The Hall–Kier alpha value is -1.46. The van der Waals surface area contributed by atoms with Crippen LogP contribution < -0.4 is 0 Å². The number of ether oxygens (including phenoxy) is 2. The molecule has 0 aliphatic carbocycles. The number of carbonyl (C=O) groups excluding carboxylic acids is 1. The molecule has 21 heavy (non-hydrogen) atoms. The molecule has 1 unspecified atom stereocenters. The van der Waals surface area contributed by atoms with Crippen molar-refractivity contribution in [2.24, 2.45) is 5.41 Å². The summed E-state index contributed by atoms with van der Waals surface area (Å²) in [5, 5.41) is 0. The Bertz CT molecular complexity index is 518. The number of alkyl halides is 1. The van der Waals surface area contributed by atoms with E-state index in [0.717, 1.165) is 5.56 Å². The van der Waals surface area contributed by atoms with Crippen molar-refractivity contribution in [2.75, 3.05) is 32.9 Å². The number of halogens is 1. The molecule has 1 spiro atoms. The molecular formula is C16H20FNO3. The smallest absolute Gasteiger partial charge is 0.346 e. The van der Waals surface area contributed by atoms with Crippen molar-refractivity contribution < 1.29 is 18.7 Å². The number of benzene rings is 1. The molecule has 5 heteroatoms. The average Bonchev–Trinajstić information content (AvgIpc) is 2.74. The maximum atomic E-state index is 15.3. The minimum absolute atomic E-state index is 0.0735. The molecule has 0 saturated carbocycles. The lowest BCUT2D eigenvalue weighted by atomic mass is 9.74. The van der Waals surface area contributed by atoms with Crippen LogP contribution in [0.5, 0.6) is 0 Å². The van der Waals surface area contributed by atoms with Crippen LogP contribution in [0.15, 0.2) is 30.3 Å². The Balaban J connectivity index is 1.77. The second-order valence-corrected chi connectivity index (χ2v) is 5.93. The molecule has 0 aromatic heterocycles. The molecule has 3 rings (SSSR count). The predicted octanol–water partition coefficient (Wildman–Crippen LogP) is 1.79. The van der Waals surface area contributed by atoms with Gasteiger partial charge in [-0.05, 0) is 12.5 Å². The van der Waals surface area contributed by atoms with Crippen molar-refractivity contribution in [2.45, 2.75) is 19.1 Å². The lowest BCUT2D eigenvalue weighted by Gasteiger charge is -2.44. The van der Waals surface area contributed by atoms with Gasteiger partial charge in [0.2, 0.25) is 5.67 Å². The van der Waals surface area contributed by atoms with E-state index in [0.29, 0.717) is 13.1 Å². The molecule has 1 atom stereocenters. The third kappa shape index (κ3) is 2.34. The second-order valence-electron chi connectivity index (χ2n) is 5.93. The molecule has 0 radical (unpaired) electrons. The average molecular weight is 293 g/mol. The van der Waals surface area contributed by atoms with Crippen LogP contribution >= 0.6 is 0 Å². The predicted molar refractivity (Wildman–Crippen MR) is 75.4 cm³/mol. The molecule has 1 aromatic carbocycles. The SMILES string of the molecule is CCOC(=O)C1(F)CN(Cc2ccccc2)CC12COC2. The summed E-state index contributed by atoms with van der Waals surface area (Å²) in [5.74, 6) is -0.746. The number of nitrogens with zero attached hydrogens (tertiary/aromatic N) is 1. The summed E-state index contributed by atoms with van der Waals surface area (Å²) in [4.78, 5) is 14.1. The van der Waals surface area contributed by atoms with Crippen molar-refractivity contribution in [3.63, 3.8) is 0 Å². The highest BCUT2D eigenvalue weighted by Gasteiger charge is 2.67. The monoisotopic (exact) mass is 293 g/mol. The highest BCUT2D eigenvalue weighted by Crippen LogP contribution is 2.48. The first-order valence-electron chi connectivity index (χ1n) is 7.30. The van der Waals surface area contributed by atoms with Crippen LogP contribution in [0.4, 0.5) is 4.39 Å². The number of carbonyl (C=O) groups is 1. The molecule has 1 aromatic rings. The van der Waals surface area contributed by atoms with E-state index in [-0.39, 0.29) is 26.4 Å². The fourth-order valence-electron chi connectivity index (χ4n) is 3.23. The first-order valence-corrected chi connectivity index (χ1v) is 7.30. The number of rotatable bonds is 4. The summed E-state index contributed by atoms with van der Waals surface area (Å²) in [6.07, 6.45) is 0. The molecule has 2 heterocycles. The van der Waals surface area contributed by atoms with Gasteiger partial charge in [-0.2, -0.15) is 0 Å². The fourth-order valence-corrected chi connectivity index (χ4v) is 3.23. The molecule has 0 amide bonds. The van der Waals surface area contributed by atoms with E-state index < -0.39 is 17.1 Å². The topological polar surface area (TPSA) is 38.8 Å². The Kier molecular flexibility index (Phi) is 3.71. The van der Waals surface area contributed by atoms with Crippen molar-refractivity contribution >= 4 is 5.97 Å². The summed E-state index contributed by atoms with van der Waals surface area (Å²) >= 11 is 0. The van der Waals surface area contributed by atoms with Gasteiger partial charge in [-0.25, -0.2) is 9.18 Å². The summed E-state index contributed by atoms with van der Waals surface area (Å²) in [7, 11) is 0. The summed E-state index contributed by atoms with van der Waals surface area (Å²) in [6.45, 7) is 3.69. The first kappa shape index (κ1) is 14.5. The standard InChI is InChI=1S/C16H20FNO3/c1-2-21-14(19)16(17)10-18(9-15(16)11-20-12-15)8-13-6-4-3-5-7-13/h3-7H,2,8-12H2,1H3. The Morgan fingerprint density at radius 3 is 2.62 bits per heavy atom. The van der Waals surface area contributed by atoms with Crippen LogP contribution in [0.2, 0.25) is 0 Å². The fraction of sp³-hybridized carbons (Fsp3) is 0.562. The summed E-state index contributed by atoms with van der Waals surface area (Å²) < 4.78 is 25.5. The van der Waals surface area contributed by atoms with Crippen LogP contribution in [0.3, 0.4) is 0 Å². The van der Waals surface area contributed by atoms with E-state index in [9.17, 15) is 4.79 Å². The maximum Gasteiger partial charge on any atom is 0.346 e. The molecule has 2 aliphatic rings. The van der Waals surface area contributed by atoms with E-state index in [1.807, 2.05) is 35.2 Å². The van der Waals surface area contributed by atoms with Gasteiger partial charge < -0.3 is 9.47 Å². The van der Waals surface area contributed by atoms with Gasteiger partial charge >= 0.3 is 5.97 Å². The normalized spacial score (nSPS) is 27.5. The van der Waals surface area contributed by atoms with Crippen LogP contribution in [-0.4, -0.2) is 49.4 Å². The first-order chi connectivity index (χ1) is 10.1.